The van der Waals surface area contributed by atoms with E-state index in [4.69, 9.17) is 0 Å². The van der Waals surface area contributed by atoms with Gasteiger partial charge in [-0.25, -0.2) is 8.42 Å². The summed E-state index contributed by atoms with van der Waals surface area (Å²) >= 11 is 0. The van der Waals surface area contributed by atoms with Gasteiger partial charge in [0.2, 0.25) is 5.43 Å². The average Bonchev–Trinajstić information content (AvgIpc) is 2.79. The number of fused-ring (bicyclic) bond motifs is 1. The van der Waals surface area contributed by atoms with Crippen LogP contribution in [0.15, 0.2) is 64.4 Å². The molecule has 0 bridgehead atoms. The van der Waals surface area contributed by atoms with Crippen LogP contribution in [-0.2, 0) is 10.0 Å². The van der Waals surface area contributed by atoms with Crippen molar-refractivity contribution in [3.8, 4) is 0 Å². The topological polar surface area (TPSA) is 90.6 Å². The largest absolute Gasteiger partial charge is 0.360 e. The van der Waals surface area contributed by atoms with Gasteiger partial charge in [0.1, 0.15) is 5.56 Å². The molecule has 1 saturated heterocycles. The number of hydrogen-bond acceptors (Lipinski definition) is 4. The zero-order chi connectivity index (χ0) is 23.8. The van der Waals surface area contributed by atoms with Crippen LogP contribution in [0.4, 0.5) is 5.69 Å². The maximum atomic E-state index is 13.4. The molecule has 0 unspecified atom stereocenters. The number of para-hydroxylation sites is 1. The lowest BCUT2D eigenvalue weighted by molar-refractivity contribution is 0.0621. The molecule has 0 spiro atoms. The van der Waals surface area contributed by atoms with E-state index >= 15 is 0 Å². The molecule has 1 N–H and O–H groups in total. The Kier molecular flexibility index (Phi) is 6.30. The standard InChI is InChI=1S/C25H29N3O4S/c1-4-28(19-8-6-5-7-9-19)33(31,32)20-10-11-23-21(13-20)24(29)22(14-26-23)25(30)27-15-17(2)12-18(3)16-27/h5-11,13-14,17-18H,4,12,15-16H2,1-3H3,(H,26,29)/t17-,18-/m1/s1. The number of aromatic amines is 1. The minimum absolute atomic E-state index is 0.0102. The van der Waals surface area contributed by atoms with Gasteiger partial charge in [-0.15, -0.1) is 0 Å². The smallest absolute Gasteiger partial charge is 0.264 e. The summed E-state index contributed by atoms with van der Waals surface area (Å²) in [6.07, 6.45) is 2.49. The van der Waals surface area contributed by atoms with E-state index in [0.717, 1.165) is 6.42 Å². The number of amides is 1. The number of aromatic nitrogens is 1. The number of anilines is 1. The van der Waals surface area contributed by atoms with Crippen LogP contribution in [0.2, 0.25) is 0 Å². The van der Waals surface area contributed by atoms with Crippen molar-refractivity contribution in [1.82, 2.24) is 9.88 Å². The molecule has 3 aromatic rings. The number of rotatable bonds is 5. The molecule has 0 aliphatic carbocycles. The van der Waals surface area contributed by atoms with Gasteiger partial charge < -0.3 is 9.88 Å². The zero-order valence-corrected chi connectivity index (χ0v) is 19.9. The van der Waals surface area contributed by atoms with Crippen LogP contribution in [-0.4, -0.2) is 43.8 Å². The highest BCUT2D eigenvalue weighted by Crippen LogP contribution is 2.26. The summed E-state index contributed by atoms with van der Waals surface area (Å²) in [7, 11) is -3.90. The number of benzene rings is 2. The van der Waals surface area contributed by atoms with Crippen molar-refractivity contribution < 1.29 is 13.2 Å². The van der Waals surface area contributed by atoms with E-state index < -0.39 is 15.5 Å². The van der Waals surface area contributed by atoms with E-state index in [-0.39, 0.29) is 28.3 Å². The molecule has 1 aromatic heterocycles. The molecular formula is C25H29N3O4S. The third-order valence-corrected chi connectivity index (χ3v) is 8.06. The Labute approximate surface area is 194 Å². The Bertz CT molecular complexity index is 1320. The van der Waals surface area contributed by atoms with Crippen LogP contribution in [0.25, 0.3) is 10.9 Å². The Morgan fingerprint density at radius 2 is 1.76 bits per heavy atom. The van der Waals surface area contributed by atoms with E-state index in [1.54, 1.807) is 42.2 Å². The highest BCUT2D eigenvalue weighted by atomic mass is 32.2. The van der Waals surface area contributed by atoms with Crippen LogP contribution in [0, 0.1) is 11.8 Å². The highest BCUT2D eigenvalue weighted by molar-refractivity contribution is 7.92. The first-order chi connectivity index (χ1) is 15.7. The molecule has 4 rings (SSSR count). The lowest BCUT2D eigenvalue weighted by Crippen LogP contribution is -2.44. The van der Waals surface area contributed by atoms with Gasteiger partial charge in [-0.3, -0.25) is 13.9 Å². The second-order valence-electron chi connectivity index (χ2n) is 8.90. The van der Waals surface area contributed by atoms with E-state index in [2.05, 4.69) is 18.8 Å². The number of nitrogens with zero attached hydrogens (tertiary/aromatic N) is 2. The second-order valence-corrected chi connectivity index (χ2v) is 10.8. The monoisotopic (exact) mass is 467 g/mol. The molecule has 2 aromatic carbocycles. The number of H-pyrrole nitrogens is 1. The maximum absolute atomic E-state index is 13.4. The van der Waals surface area contributed by atoms with Gasteiger partial charge in [0, 0.05) is 36.7 Å². The van der Waals surface area contributed by atoms with Crippen molar-refractivity contribution in [2.75, 3.05) is 23.9 Å². The summed E-state index contributed by atoms with van der Waals surface area (Å²) in [5, 5.41) is 0.184. The number of carbonyl (C=O) groups is 1. The molecule has 1 aliphatic rings. The second kappa shape index (κ2) is 9.02. The first-order valence-electron chi connectivity index (χ1n) is 11.2. The molecule has 1 amide bonds. The maximum Gasteiger partial charge on any atom is 0.264 e. The summed E-state index contributed by atoms with van der Waals surface area (Å²) in [4.78, 5) is 31.2. The number of likely N-dealkylation sites (tertiary alicyclic amines) is 1. The van der Waals surface area contributed by atoms with Gasteiger partial charge in [-0.2, -0.15) is 0 Å². The van der Waals surface area contributed by atoms with Crippen molar-refractivity contribution in [1.29, 1.82) is 0 Å². The van der Waals surface area contributed by atoms with Crippen molar-refractivity contribution >= 4 is 32.5 Å². The number of hydrogen-bond donors (Lipinski definition) is 1. The molecule has 2 atom stereocenters. The lowest BCUT2D eigenvalue weighted by Gasteiger charge is -2.34. The summed E-state index contributed by atoms with van der Waals surface area (Å²) in [5.41, 5.74) is 0.609. The van der Waals surface area contributed by atoms with E-state index in [1.165, 1.54) is 22.6 Å². The van der Waals surface area contributed by atoms with Crippen LogP contribution in [0.5, 0.6) is 0 Å². The summed E-state index contributed by atoms with van der Waals surface area (Å²) < 4.78 is 28.1. The Hall–Kier alpha value is -3.13. The van der Waals surface area contributed by atoms with Crippen LogP contribution in [0.3, 0.4) is 0 Å². The molecule has 7 nitrogen and oxygen atoms in total. The molecule has 2 heterocycles. The molecule has 8 heteroatoms. The fraction of sp³-hybridized carbons (Fsp3) is 0.360. The average molecular weight is 468 g/mol. The first kappa shape index (κ1) is 23.0. The summed E-state index contributed by atoms with van der Waals surface area (Å²) in [5.74, 6) is 0.420. The van der Waals surface area contributed by atoms with Gasteiger partial charge in [0.05, 0.1) is 10.6 Å². The van der Waals surface area contributed by atoms with Crippen LogP contribution < -0.4 is 9.73 Å². The first-order valence-corrected chi connectivity index (χ1v) is 12.7. The van der Waals surface area contributed by atoms with Crippen LogP contribution >= 0.6 is 0 Å². The fourth-order valence-corrected chi connectivity index (χ4v) is 6.23. The predicted molar refractivity (Wildman–Crippen MR) is 130 cm³/mol. The van der Waals surface area contributed by atoms with Crippen molar-refractivity contribution in [2.45, 2.75) is 32.1 Å². The number of carbonyl (C=O) groups excluding carboxylic acids is 1. The number of nitrogens with one attached hydrogen (secondary N) is 1. The Morgan fingerprint density at radius 1 is 1.09 bits per heavy atom. The lowest BCUT2D eigenvalue weighted by atomic mass is 9.91. The number of pyridine rings is 1. The Morgan fingerprint density at radius 3 is 2.39 bits per heavy atom. The van der Waals surface area contributed by atoms with Gasteiger partial charge in [0.15, 0.2) is 0 Å². The fourth-order valence-electron chi connectivity index (χ4n) is 4.73. The molecule has 174 valence electrons. The predicted octanol–water partition coefficient (Wildman–Crippen LogP) is 3.86. The molecule has 33 heavy (non-hydrogen) atoms. The van der Waals surface area contributed by atoms with Gasteiger partial charge in [-0.1, -0.05) is 32.0 Å². The molecular weight excluding hydrogens is 438 g/mol. The quantitative estimate of drug-likeness (QED) is 0.617. The highest BCUT2D eigenvalue weighted by Gasteiger charge is 2.29. The van der Waals surface area contributed by atoms with E-state index in [1.807, 2.05) is 6.07 Å². The van der Waals surface area contributed by atoms with E-state index in [9.17, 15) is 18.0 Å². The normalized spacial score (nSPS) is 18.9. The van der Waals surface area contributed by atoms with Crippen molar-refractivity contribution in [3.05, 3.63) is 70.5 Å². The Balaban J connectivity index is 1.75. The molecule has 1 fully saturated rings. The minimum Gasteiger partial charge on any atom is -0.360 e. The zero-order valence-electron chi connectivity index (χ0n) is 19.1. The third kappa shape index (κ3) is 4.39. The SMILES string of the molecule is CCN(c1ccccc1)S(=O)(=O)c1ccc2[nH]cc(C(=O)N3C[C@H](C)C[C@@H](C)C3)c(=O)c2c1. The van der Waals surface area contributed by atoms with Crippen molar-refractivity contribution in [2.24, 2.45) is 11.8 Å². The molecule has 0 saturated carbocycles. The van der Waals surface area contributed by atoms with Gasteiger partial charge in [-0.05, 0) is 55.5 Å². The molecule has 1 aliphatic heterocycles. The van der Waals surface area contributed by atoms with Crippen LogP contribution in [0.1, 0.15) is 37.6 Å². The molecule has 0 radical (unpaired) electrons. The van der Waals surface area contributed by atoms with Gasteiger partial charge in [0.25, 0.3) is 15.9 Å². The summed E-state index contributed by atoms with van der Waals surface area (Å²) in [6, 6.07) is 13.3. The van der Waals surface area contributed by atoms with Gasteiger partial charge >= 0.3 is 0 Å². The minimum atomic E-state index is -3.90. The van der Waals surface area contributed by atoms with Crippen molar-refractivity contribution in [3.63, 3.8) is 0 Å². The number of sulfonamides is 1. The number of piperidine rings is 1. The third-order valence-electron chi connectivity index (χ3n) is 6.16. The summed E-state index contributed by atoms with van der Waals surface area (Å²) in [6.45, 7) is 7.42. The van der Waals surface area contributed by atoms with E-state index in [0.29, 0.717) is 36.1 Å².